The van der Waals surface area contributed by atoms with Crippen LogP contribution in [0.4, 0.5) is 10.1 Å². The van der Waals surface area contributed by atoms with Crippen LogP contribution in [0.15, 0.2) is 36.7 Å². The molecule has 8 heteroatoms. The highest BCUT2D eigenvalue weighted by Gasteiger charge is 2.24. The number of halogens is 2. The summed E-state index contributed by atoms with van der Waals surface area (Å²) < 4.78 is 16.1. The van der Waals surface area contributed by atoms with Gasteiger partial charge in [0.25, 0.3) is 0 Å². The van der Waals surface area contributed by atoms with Crippen molar-refractivity contribution in [3.8, 4) is 11.3 Å². The van der Waals surface area contributed by atoms with Gasteiger partial charge in [-0.1, -0.05) is 11.6 Å². The quantitative estimate of drug-likeness (QED) is 0.523. The minimum atomic E-state index is -0.367. The van der Waals surface area contributed by atoms with Crippen molar-refractivity contribution in [3.05, 3.63) is 47.5 Å². The molecule has 0 aliphatic carbocycles. The number of aromatic nitrogens is 4. The first-order chi connectivity index (χ1) is 14.4. The molecule has 1 aliphatic rings. The molecular weight excluding hydrogens is 403 g/mol. The van der Waals surface area contributed by atoms with Gasteiger partial charge in [-0.15, -0.1) is 0 Å². The average Bonchev–Trinajstić information content (AvgIpc) is 3.08. The molecule has 1 fully saturated rings. The van der Waals surface area contributed by atoms with Gasteiger partial charge in [-0.3, -0.25) is 4.68 Å². The molecule has 0 amide bonds. The van der Waals surface area contributed by atoms with Crippen molar-refractivity contribution >= 4 is 39.2 Å². The topological polar surface area (TPSA) is 58.9 Å². The van der Waals surface area contributed by atoms with Gasteiger partial charge < -0.3 is 10.2 Å². The van der Waals surface area contributed by atoms with E-state index in [1.165, 1.54) is 6.07 Å². The number of rotatable bonds is 2. The first-order valence-electron chi connectivity index (χ1n) is 9.98. The lowest BCUT2D eigenvalue weighted by Gasteiger charge is -2.37. The average molecular weight is 425 g/mol. The maximum atomic E-state index is 14.5. The van der Waals surface area contributed by atoms with Crippen LogP contribution in [0.25, 0.3) is 33.2 Å². The molecule has 6 nitrogen and oxygen atoms in total. The standard InChI is InChI=1S/C22H22ClFN6/c1-12-9-30(10-13(2)26-12)19-8-25-22-16(20(19)23)4-5-18(27-22)14-6-15-11-29(3)28-21(15)17(24)7-14/h4-8,11-13,26H,9-10H2,1-3H3/t12-,13-/m0/s1. The highest BCUT2D eigenvalue weighted by Crippen LogP contribution is 2.34. The number of hydrogen-bond acceptors (Lipinski definition) is 5. The molecule has 4 heterocycles. The van der Waals surface area contributed by atoms with E-state index in [1.807, 2.05) is 18.2 Å². The number of anilines is 1. The zero-order valence-electron chi connectivity index (χ0n) is 17.0. The first-order valence-corrected chi connectivity index (χ1v) is 10.4. The van der Waals surface area contributed by atoms with E-state index in [2.05, 4.69) is 39.1 Å². The SMILES string of the molecule is C[C@H]1CN(c2cnc3nc(-c4cc(F)c5nn(C)cc5c4)ccc3c2Cl)C[C@H](C)N1. The summed E-state index contributed by atoms with van der Waals surface area (Å²) in [5, 5.41) is 9.85. The molecule has 0 unspecified atom stereocenters. The van der Waals surface area contributed by atoms with Crippen LogP contribution in [0.3, 0.4) is 0 Å². The Kier molecular flexibility index (Phi) is 4.60. The van der Waals surface area contributed by atoms with E-state index in [4.69, 9.17) is 11.6 Å². The number of pyridine rings is 2. The molecule has 30 heavy (non-hydrogen) atoms. The van der Waals surface area contributed by atoms with Crippen molar-refractivity contribution < 1.29 is 4.39 Å². The van der Waals surface area contributed by atoms with Crippen LogP contribution >= 0.6 is 11.6 Å². The highest BCUT2D eigenvalue weighted by molar-refractivity contribution is 6.37. The van der Waals surface area contributed by atoms with E-state index in [0.717, 1.165) is 29.5 Å². The van der Waals surface area contributed by atoms with Crippen LogP contribution in [0.2, 0.25) is 5.02 Å². The summed E-state index contributed by atoms with van der Waals surface area (Å²) in [5.41, 5.74) is 3.15. The van der Waals surface area contributed by atoms with E-state index in [-0.39, 0.29) is 5.82 Å². The minimum Gasteiger partial charge on any atom is -0.366 e. The van der Waals surface area contributed by atoms with Crippen molar-refractivity contribution in [2.75, 3.05) is 18.0 Å². The molecule has 0 radical (unpaired) electrons. The summed E-state index contributed by atoms with van der Waals surface area (Å²) in [5.74, 6) is -0.367. The van der Waals surface area contributed by atoms with Gasteiger partial charge in [0.15, 0.2) is 11.5 Å². The van der Waals surface area contributed by atoms with Crippen LogP contribution in [-0.4, -0.2) is 44.9 Å². The molecule has 4 aromatic rings. The Bertz CT molecular complexity index is 1260. The van der Waals surface area contributed by atoms with Crippen molar-refractivity contribution in [2.45, 2.75) is 25.9 Å². The van der Waals surface area contributed by atoms with Gasteiger partial charge in [0.05, 0.1) is 22.6 Å². The Morgan fingerprint density at radius 3 is 2.70 bits per heavy atom. The van der Waals surface area contributed by atoms with Crippen molar-refractivity contribution in [1.29, 1.82) is 0 Å². The van der Waals surface area contributed by atoms with Crippen molar-refractivity contribution in [1.82, 2.24) is 25.1 Å². The number of piperazine rings is 1. The lowest BCUT2D eigenvalue weighted by atomic mass is 10.1. The van der Waals surface area contributed by atoms with Gasteiger partial charge in [-0.2, -0.15) is 5.10 Å². The maximum absolute atomic E-state index is 14.5. The second-order valence-corrected chi connectivity index (χ2v) is 8.48. The molecule has 1 saturated heterocycles. The number of aryl methyl sites for hydroxylation is 1. The second-order valence-electron chi connectivity index (χ2n) is 8.10. The number of hydrogen-bond donors (Lipinski definition) is 1. The van der Waals surface area contributed by atoms with Crippen LogP contribution in [0.1, 0.15) is 13.8 Å². The zero-order valence-corrected chi connectivity index (χ0v) is 17.8. The Balaban J connectivity index is 1.56. The number of benzene rings is 1. The maximum Gasteiger partial charge on any atom is 0.161 e. The largest absolute Gasteiger partial charge is 0.366 e. The van der Waals surface area contributed by atoms with Gasteiger partial charge in [0.2, 0.25) is 0 Å². The second kappa shape index (κ2) is 7.18. The number of fused-ring (bicyclic) bond motifs is 2. The van der Waals surface area contributed by atoms with Crippen LogP contribution in [-0.2, 0) is 7.05 Å². The van der Waals surface area contributed by atoms with Crippen molar-refractivity contribution in [3.63, 3.8) is 0 Å². The van der Waals surface area contributed by atoms with E-state index >= 15 is 0 Å². The fraction of sp³-hybridized carbons (Fsp3) is 0.318. The van der Waals surface area contributed by atoms with Crippen LogP contribution < -0.4 is 10.2 Å². The molecule has 154 valence electrons. The molecule has 2 atom stereocenters. The number of nitrogens with one attached hydrogen (secondary N) is 1. The van der Waals surface area contributed by atoms with E-state index < -0.39 is 0 Å². The molecule has 0 bridgehead atoms. The molecule has 5 rings (SSSR count). The highest BCUT2D eigenvalue weighted by atomic mass is 35.5. The Morgan fingerprint density at radius 1 is 1.17 bits per heavy atom. The zero-order chi connectivity index (χ0) is 21.0. The summed E-state index contributed by atoms with van der Waals surface area (Å²) in [6, 6.07) is 7.87. The number of nitrogens with zero attached hydrogens (tertiary/aromatic N) is 5. The van der Waals surface area contributed by atoms with Gasteiger partial charge >= 0.3 is 0 Å². The van der Waals surface area contributed by atoms with E-state index in [0.29, 0.717) is 39.5 Å². The van der Waals surface area contributed by atoms with Crippen LogP contribution in [0.5, 0.6) is 0 Å². The third-order valence-electron chi connectivity index (χ3n) is 5.52. The van der Waals surface area contributed by atoms with Gasteiger partial charge in [0.1, 0.15) is 5.52 Å². The summed E-state index contributed by atoms with van der Waals surface area (Å²) in [4.78, 5) is 11.5. The third-order valence-corrected chi connectivity index (χ3v) is 5.91. The molecular formula is C22H22ClFN6. The van der Waals surface area contributed by atoms with Gasteiger partial charge in [-0.25, -0.2) is 14.4 Å². The monoisotopic (exact) mass is 424 g/mol. The Morgan fingerprint density at radius 2 is 1.93 bits per heavy atom. The normalized spacial score (nSPS) is 19.7. The Hall–Kier alpha value is -2.77. The van der Waals surface area contributed by atoms with Crippen molar-refractivity contribution in [2.24, 2.45) is 7.05 Å². The van der Waals surface area contributed by atoms with Gasteiger partial charge in [-0.05, 0) is 38.1 Å². The minimum absolute atomic E-state index is 0.354. The molecule has 0 spiro atoms. The summed E-state index contributed by atoms with van der Waals surface area (Å²) >= 11 is 6.76. The summed E-state index contributed by atoms with van der Waals surface area (Å²) in [6.45, 7) is 6.06. The predicted molar refractivity (Wildman–Crippen MR) is 118 cm³/mol. The predicted octanol–water partition coefficient (Wildman–Crippen LogP) is 4.16. The lowest BCUT2D eigenvalue weighted by molar-refractivity contribution is 0.407. The molecule has 1 N–H and O–H groups in total. The molecule has 0 saturated carbocycles. The fourth-order valence-corrected chi connectivity index (χ4v) is 4.62. The summed E-state index contributed by atoms with van der Waals surface area (Å²) in [7, 11) is 1.77. The van der Waals surface area contributed by atoms with Gasteiger partial charge in [0, 0.05) is 54.8 Å². The molecule has 1 aromatic carbocycles. The lowest BCUT2D eigenvalue weighted by Crippen LogP contribution is -2.54. The fourth-order valence-electron chi connectivity index (χ4n) is 4.30. The van der Waals surface area contributed by atoms with Crippen LogP contribution in [0, 0.1) is 5.82 Å². The first kappa shape index (κ1) is 19.2. The third kappa shape index (κ3) is 3.28. The molecule has 3 aromatic heterocycles. The smallest absolute Gasteiger partial charge is 0.161 e. The van der Waals surface area contributed by atoms with E-state index in [9.17, 15) is 4.39 Å². The van der Waals surface area contributed by atoms with E-state index in [1.54, 1.807) is 24.1 Å². The summed E-state index contributed by atoms with van der Waals surface area (Å²) in [6.07, 6.45) is 3.58. The molecule has 1 aliphatic heterocycles. The Labute approximate surface area is 178 Å².